The molecule has 49 heavy (non-hydrogen) atoms. The fraction of sp³-hybridized carbons (Fsp3) is 0.788. The van der Waals surface area contributed by atoms with Crippen LogP contribution in [0, 0.1) is 22.8 Å². The van der Waals surface area contributed by atoms with E-state index in [4.69, 9.17) is 43.7 Å². The zero-order valence-corrected chi connectivity index (χ0v) is 35.3. The predicted molar refractivity (Wildman–Crippen MR) is 194 cm³/mol. The highest BCUT2D eigenvalue weighted by Gasteiger charge is 2.70. The molecular formula is C33H55ClN4O8P2Si. The van der Waals surface area contributed by atoms with Crippen LogP contribution in [0.5, 0.6) is 0 Å². The van der Waals surface area contributed by atoms with Crippen molar-refractivity contribution in [3.05, 3.63) is 17.3 Å². The van der Waals surface area contributed by atoms with Crippen LogP contribution in [0.2, 0.25) is 24.8 Å². The number of hydrogen-bond donors (Lipinski definition) is 0. The van der Waals surface area contributed by atoms with Gasteiger partial charge in [-0.15, -0.1) is 5.54 Å². The number of phosphoric acid groups is 2. The first-order valence-corrected chi connectivity index (χ1v) is 23.5. The average Bonchev–Trinajstić information content (AvgIpc) is 3.29. The quantitative estimate of drug-likeness (QED) is 0.0992. The zero-order valence-electron chi connectivity index (χ0n) is 31.8. The van der Waals surface area contributed by atoms with Crippen LogP contribution in [0.1, 0.15) is 108 Å². The molecule has 2 heterocycles. The van der Waals surface area contributed by atoms with Gasteiger partial charge in [-0.1, -0.05) is 31.2 Å². The molecule has 0 amide bonds. The zero-order chi connectivity index (χ0) is 37.2. The third kappa shape index (κ3) is 10.9. The minimum atomic E-state index is -4.16. The Labute approximate surface area is 298 Å². The number of rotatable bonds is 10. The summed E-state index contributed by atoms with van der Waals surface area (Å²) in [5, 5.41) is 0.209. The monoisotopic (exact) mass is 760 g/mol. The van der Waals surface area contributed by atoms with Gasteiger partial charge in [-0.05, 0) is 108 Å². The third-order valence-electron chi connectivity index (χ3n) is 7.32. The molecule has 0 bridgehead atoms. The normalized spacial score (nSPS) is 23.8. The number of hydrogen-bond acceptors (Lipinski definition) is 11. The van der Waals surface area contributed by atoms with Crippen LogP contribution in [-0.4, -0.2) is 62.7 Å². The molecule has 2 aliphatic rings. The van der Waals surface area contributed by atoms with Gasteiger partial charge in [0, 0.05) is 11.5 Å². The topological polar surface area (TPSA) is 133 Å². The highest BCUT2D eigenvalue weighted by atomic mass is 35.5. The van der Waals surface area contributed by atoms with Gasteiger partial charge in [0.15, 0.2) is 10.8 Å². The molecule has 2 aromatic heterocycles. The third-order valence-corrected chi connectivity index (χ3v) is 12.5. The van der Waals surface area contributed by atoms with Gasteiger partial charge in [0.05, 0.1) is 41.4 Å². The number of fused-ring (bicyclic) bond motifs is 2. The molecule has 276 valence electrons. The van der Waals surface area contributed by atoms with E-state index in [-0.39, 0.29) is 23.7 Å². The minimum Gasteiger partial charge on any atom is -0.312 e. The standard InChI is InChI=1S/C33H55ClN4O8P2Si/c1-29(2,3)43-47(39,44-30(4,5)6)41-20-33-19-22(33)23(18-24(33)42-48(40,45-31(7,8)9)46-32(10,11)12)38-21-35-26-27(34)36-25(37-28(26)38)16-17-49(13,14)15/h21-24H,18-20H2,1-15H3/t22-,23-,24+,33+/m1/s1. The van der Waals surface area contributed by atoms with Gasteiger partial charge in [0.1, 0.15) is 13.6 Å². The van der Waals surface area contributed by atoms with Gasteiger partial charge in [-0.3, -0.25) is 27.1 Å². The van der Waals surface area contributed by atoms with Gasteiger partial charge < -0.3 is 4.57 Å². The first kappa shape index (κ1) is 40.6. The molecule has 0 unspecified atom stereocenters. The number of imidazole rings is 1. The number of aromatic nitrogens is 4. The van der Waals surface area contributed by atoms with E-state index in [1.807, 2.05) is 4.57 Å². The maximum atomic E-state index is 14.5. The second kappa shape index (κ2) is 13.4. The maximum absolute atomic E-state index is 14.5. The Bertz CT molecular complexity index is 1670. The fourth-order valence-corrected chi connectivity index (χ4v) is 10.5. The van der Waals surface area contributed by atoms with Crippen molar-refractivity contribution in [2.24, 2.45) is 11.3 Å². The highest BCUT2D eigenvalue weighted by molar-refractivity contribution is 7.48. The molecule has 0 aromatic carbocycles. The van der Waals surface area contributed by atoms with Gasteiger partial charge in [-0.2, -0.15) is 0 Å². The second-order valence-electron chi connectivity index (χ2n) is 18.1. The van der Waals surface area contributed by atoms with E-state index in [0.29, 0.717) is 29.8 Å². The number of halogens is 1. The molecule has 4 atom stereocenters. The van der Waals surface area contributed by atoms with Crippen molar-refractivity contribution < 1.29 is 36.3 Å². The fourth-order valence-electron chi connectivity index (χ4n) is 5.83. The van der Waals surface area contributed by atoms with Gasteiger partial charge >= 0.3 is 15.6 Å². The summed E-state index contributed by atoms with van der Waals surface area (Å²) in [5.41, 5.74) is 0.207. The SMILES string of the molecule is CC(C)(C)OP(=O)(OC[C@@]12C[C@@H]1[C@H](n1cnc3c(Cl)nc(C#C[Si](C)(C)C)nc31)C[C@@H]2OP(=O)(OC(C)(C)C)OC(C)(C)C)OC(C)(C)C. The molecule has 2 fully saturated rings. The molecule has 2 saturated carbocycles. The maximum Gasteiger partial charge on any atom is 0.476 e. The summed E-state index contributed by atoms with van der Waals surface area (Å²) in [7, 11) is -9.96. The van der Waals surface area contributed by atoms with Crippen LogP contribution in [0.15, 0.2) is 6.33 Å². The van der Waals surface area contributed by atoms with Crippen molar-refractivity contribution >= 4 is 46.5 Å². The first-order chi connectivity index (χ1) is 21.9. The Kier molecular flexibility index (Phi) is 11.1. The van der Waals surface area contributed by atoms with Crippen LogP contribution < -0.4 is 0 Å². The van der Waals surface area contributed by atoms with Crippen molar-refractivity contribution in [2.75, 3.05) is 6.61 Å². The van der Waals surface area contributed by atoms with E-state index in [9.17, 15) is 9.13 Å². The smallest absolute Gasteiger partial charge is 0.312 e. The van der Waals surface area contributed by atoms with Crippen molar-refractivity contribution in [1.82, 2.24) is 19.5 Å². The Morgan fingerprint density at radius 2 is 1.39 bits per heavy atom. The summed E-state index contributed by atoms with van der Waals surface area (Å²) in [6, 6.07) is -0.230. The van der Waals surface area contributed by atoms with Crippen molar-refractivity contribution in [2.45, 2.75) is 150 Å². The molecule has 16 heteroatoms. The molecule has 0 radical (unpaired) electrons. The van der Waals surface area contributed by atoms with Crippen LogP contribution in [-0.2, 0) is 36.3 Å². The summed E-state index contributed by atoms with van der Waals surface area (Å²) in [6.07, 6.45) is 1.97. The number of nitrogens with zero attached hydrogens (tertiary/aromatic N) is 4. The van der Waals surface area contributed by atoms with Crippen molar-refractivity contribution in [3.8, 4) is 11.5 Å². The van der Waals surface area contributed by atoms with Gasteiger partial charge in [-0.25, -0.2) is 24.1 Å². The first-order valence-electron chi connectivity index (χ1n) is 16.7. The van der Waals surface area contributed by atoms with E-state index in [2.05, 4.69) is 41.1 Å². The van der Waals surface area contributed by atoms with E-state index in [1.54, 1.807) is 89.4 Å². The summed E-state index contributed by atoms with van der Waals surface area (Å²) in [5.74, 6) is 3.35. The molecule has 0 spiro atoms. The highest BCUT2D eigenvalue weighted by Crippen LogP contribution is 2.73. The molecule has 0 N–H and O–H groups in total. The Morgan fingerprint density at radius 1 is 0.878 bits per heavy atom. The summed E-state index contributed by atoms with van der Waals surface area (Å²) in [6.45, 7) is 27.8. The van der Waals surface area contributed by atoms with Gasteiger partial charge in [0.25, 0.3) is 0 Å². The molecule has 4 rings (SSSR count). The van der Waals surface area contributed by atoms with Crippen LogP contribution in [0.3, 0.4) is 0 Å². The van der Waals surface area contributed by atoms with Crippen LogP contribution in [0.25, 0.3) is 11.2 Å². The van der Waals surface area contributed by atoms with E-state index < -0.39 is 57.6 Å². The summed E-state index contributed by atoms with van der Waals surface area (Å²) >= 11 is 6.59. The lowest BCUT2D eigenvalue weighted by Gasteiger charge is -2.35. The molecule has 2 aliphatic carbocycles. The lowest BCUT2D eigenvalue weighted by Crippen LogP contribution is -2.32. The molecular weight excluding hydrogens is 706 g/mol. The van der Waals surface area contributed by atoms with Crippen LogP contribution >= 0.6 is 27.2 Å². The lowest BCUT2D eigenvalue weighted by molar-refractivity contribution is -0.0352. The molecule has 0 aliphatic heterocycles. The van der Waals surface area contributed by atoms with Crippen molar-refractivity contribution in [1.29, 1.82) is 0 Å². The molecule has 0 saturated heterocycles. The molecule has 2 aromatic rings. The van der Waals surface area contributed by atoms with E-state index in [0.717, 1.165) is 0 Å². The lowest BCUT2D eigenvalue weighted by atomic mass is 10.0. The number of phosphoric ester groups is 2. The summed E-state index contributed by atoms with van der Waals surface area (Å²) < 4.78 is 67.2. The average molecular weight is 761 g/mol. The van der Waals surface area contributed by atoms with Crippen molar-refractivity contribution in [3.63, 3.8) is 0 Å². The minimum absolute atomic E-state index is 0.0530. The largest absolute Gasteiger partial charge is 0.476 e. The second-order valence-corrected chi connectivity index (χ2v) is 26.2. The molecule has 12 nitrogen and oxygen atoms in total. The predicted octanol–water partition coefficient (Wildman–Crippen LogP) is 9.54. The Morgan fingerprint density at radius 3 is 1.88 bits per heavy atom. The Hall–Kier alpha value is -1.16. The van der Waals surface area contributed by atoms with Gasteiger partial charge in [0.2, 0.25) is 5.82 Å². The van der Waals surface area contributed by atoms with E-state index in [1.165, 1.54) is 0 Å². The van der Waals surface area contributed by atoms with E-state index >= 15 is 0 Å². The van der Waals surface area contributed by atoms with Crippen LogP contribution in [0.4, 0.5) is 0 Å². The Balaban J connectivity index is 1.78. The summed E-state index contributed by atoms with van der Waals surface area (Å²) in [4.78, 5) is 13.7.